The molecule has 0 N–H and O–H groups in total. The summed E-state index contributed by atoms with van der Waals surface area (Å²) in [6.07, 6.45) is 6.05. The van der Waals surface area contributed by atoms with Gasteiger partial charge in [-0.1, -0.05) is 19.8 Å². The molecular weight excluding hydrogens is 404 g/mol. The number of piperidine rings is 1. The standard InChI is InChI=1S/C16H19Br2F2N/c1-2-3-11-4-6-21(7-5-11)12-8-14(19)13(10-16(17)18)15(20)9-12/h8-11H,2-7H2,1H3. The van der Waals surface area contributed by atoms with E-state index in [4.69, 9.17) is 0 Å². The molecule has 0 aromatic heterocycles. The second-order valence-corrected chi connectivity index (χ2v) is 8.25. The van der Waals surface area contributed by atoms with Crippen molar-refractivity contribution in [2.75, 3.05) is 18.0 Å². The first-order valence-corrected chi connectivity index (χ1v) is 8.86. The number of hydrogen-bond donors (Lipinski definition) is 0. The summed E-state index contributed by atoms with van der Waals surface area (Å²) in [6.45, 7) is 3.95. The molecule has 0 unspecified atom stereocenters. The van der Waals surface area contributed by atoms with Crippen LogP contribution in [0.1, 0.15) is 38.2 Å². The number of halogens is 4. The summed E-state index contributed by atoms with van der Waals surface area (Å²) in [5.74, 6) is -0.304. The van der Waals surface area contributed by atoms with Crippen molar-refractivity contribution in [3.63, 3.8) is 0 Å². The average molecular weight is 423 g/mol. The highest BCUT2D eigenvalue weighted by atomic mass is 79.9. The second kappa shape index (κ2) is 7.73. The molecule has 2 rings (SSSR count). The van der Waals surface area contributed by atoms with Gasteiger partial charge in [-0.05, 0) is 68.8 Å². The van der Waals surface area contributed by atoms with Gasteiger partial charge in [0.05, 0.1) is 3.39 Å². The molecule has 5 heteroatoms. The molecule has 116 valence electrons. The quantitative estimate of drug-likeness (QED) is 0.569. The molecular formula is C16H19Br2F2N. The van der Waals surface area contributed by atoms with E-state index >= 15 is 0 Å². The van der Waals surface area contributed by atoms with E-state index in [9.17, 15) is 8.78 Å². The first kappa shape index (κ1) is 16.9. The third kappa shape index (κ3) is 4.52. The van der Waals surface area contributed by atoms with E-state index in [1.807, 2.05) is 0 Å². The Morgan fingerprint density at radius 1 is 1.24 bits per heavy atom. The number of hydrogen-bond acceptors (Lipinski definition) is 1. The van der Waals surface area contributed by atoms with Crippen LogP contribution in [-0.4, -0.2) is 13.1 Å². The zero-order valence-corrected chi connectivity index (χ0v) is 15.2. The molecule has 0 amide bonds. The van der Waals surface area contributed by atoms with Crippen LogP contribution in [0.25, 0.3) is 6.08 Å². The Labute approximate surface area is 141 Å². The van der Waals surface area contributed by atoms with E-state index in [-0.39, 0.29) is 5.56 Å². The lowest BCUT2D eigenvalue weighted by Crippen LogP contribution is -2.33. The largest absolute Gasteiger partial charge is 0.371 e. The van der Waals surface area contributed by atoms with E-state index in [2.05, 4.69) is 43.7 Å². The minimum absolute atomic E-state index is 0.0247. The van der Waals surface area contributed by atoms with Crippen LogP contribution >= 0.6 is 31.9 Å². The molecule has 0 aliphatic carbocycles. The zero-order valence-electron chi connectivity index (χ0n) is 12.0. The Hall–Kier alpha value is -0.420. The summed E-state index contributed by atoms with van der Waals surface area (Å²) < 4.78 is 28.7. The molecule has 1 aromatic rings. The van der Waals surface area contributed by atoms with Gasteiger partial charge < -0.3 is 4.90 Å². The molecule has 1 aliphatic heterocycles. The Bertz CT molecular complexity index is 496. The molecule has 1 fully saturated rings. The molecule has 21 heavy (non-hydrogen) atoms. The maximum Gasteiger partial charge on any atom is 0.135 e. The molecule has 0 bridgehead atoms. The normalized spacial score (nSPS) is 16.1. The Morgan fingerprint density at radius 3 is 2.29 bits per heavy atom. The molecule has 1 saturated heterocycles. The number of nitrogens with zero attached hydrogens (tertiary/aromatic N) is 1. The van der Waals surface area contributed by atoms with Gasteiger partial charge in [-0.3, -0.25) is 0 Å². The highest BCUT2D eigenvalue weighted by Gasteiger charge is 2.20. The van der Waals surface area contributed by atoms with Crippen LogP contribution in [0.2, 0.25) is 0 Å². The van der Waals surface area contributed by atoms with Crippen molar-refractivity contribution in [3.8, 4) is 0 Å². The summed E-state index contributed by atoms with van der Waals surface area (Å²) in [5, 5.41) is 0. The van der Waals surface area contributed by atoms with Crippen molar-refractivity contribution in [1.82, 2.24) is 0 Å². The van der Waals surface area contributed by atoms with Gasteiger partial charge >= 0.3 is 0 Å². The predicted octanol–water partition coefficient (Wildman–Crippen LogP) is 6.07. The van der Waals surface area contributed by atoms with Gasteiger partial charge in [0.15, 0.2) is 0 Å². The lowest BCUT2D eigenvalue weighted by atomic mass is 9.92. The monoisotopic (exact) mass is 421 g/mol. The highest BCUT2D eigenvalue weighted by molar-refractivity contribution is 9.28. The minimum Gasteiger partial charge on any atom is -0.371 e. The fourth-order valence-corrected chi connectivity index (χ4v) is 3.35. The van der Waals surface area contributed by atoms with Gasteiger partial charge in [0.25, 0.3) is 0 Å². The maximum absolute atomic E-state index is 14.1. The maximum atomic E-state index is 14.1. The Kier molecular flexibility index (Phi) is 6.23. The summed E-state index contributed by atoms with van der Waals surface area (Å²) in [6, 6.07) is 2.86. The molecule has 0 saturated carbocycles. The molecule has 1 heterocycles. The fourth-order valence-electron chi connectivity index (χ4n) is 2.89. The summed E-state index contributed by atoms with van der Waals surface area (Å²) >= 11 is 6.26. The SMILES string of the molecule is CCCC1CCN(c2cc(F)c(C=C(Br)Br)c(F)c2)CC1. The van der Waals surface area contributed by atoms with E-state index in [0.29, 0.717) is 9.08 Å². The number of anilines is 1. The van der Waals surface area contributed by atoms with Crippen molar-refractivity contribution in [2.24, 2.45) is 5.92 Å². The van der Waals surface area contributed by atoms with Crippen molar-refractivity contribution in [2.45, 2.75) is 32.6 Å². The summed E-state index contributed by atoms with van der Waals surface area (Å²) in [5.41, 5.74) is 0.617. The van der Waals surface area contributed by atoms with Crippen LogP contribution in [0.3, 0.4) is 0 Å². The Morgan fingerprint density at radius 2 is 1.81 bits per heavy atom. The van der Waals surface area contributed by atoms with E-state index < -0.39 is 11.6 Å². The van der Waals surface area contributed by atoms with E-state index in [0.717, 1.165) is 31.8 Å². The predicted molar refractivity (Wildman–Crippen MR) is 92.0 cm³/mol. The van der Waals surface area contributed by atoms with Crippen molar-refractivity contribution in [1.29, 1.82) is 0 Å². The van der Waals surface area contributed by atoms with Crippen LogP contribution in [0.5, 0.6) is 0 Å². The van der Waals surface area contributed by atoms with Gasteiger partial charge in [-0.25, -0.2) is 8.78 Å². The average Bonchev–Trinajstić information content (AvgIpc) is 2.43. The van der Waals surface area contributed by atoms with Crippen LogP contribution in [-0.2, 0) is 0 Å². The van der Waals surface area contributed by atoms with E-state index in [1.165, 1.54) is 31.1 Å². The first-order valence-electron chi connectivity index (χ1n) is 7.28. The highest BCUT2D eigenvalue weighted by Crippen LogP contribution is 2.30. The molecule has 0 atom stereocenters. The second-order valence-electron chi connectivity index (χ2n) is 5.48. The molecule has 1 aliphatic rings. The Balaban J connectivity index is 2.14. The molecule has 1 aromatic carbocycles. The minimum atomic E-state index is -0.530. The third-order valence-electron chi connectivity index (χ3n) is 3.99. The smallest absolute Gasteiger partial charge is 0.135 e. The van der Waals surface area contributed by atoms with Crippen LogP contribution in [0.15, 0.2) is 15.5 Å². The van der Waals surface area contributed by atoms with Gasteiger partial charge in [-0.15, -0.1) is 0 Å². The first-order chi connectivity index (χ1) is 10.0. The van der Waals surface area contributed by atoms with Crippen molar-refractivity contribution in [3.05, 3.63) is 32.7 Å². The van der Waals surface area contributed by atoms with Gasteiger partial charge in [0.2, 0.25) is 0 Å². The summed E-state index contributed by atoms with van der Waals surface area (Å²) in [7, 11) is 0. The van der Waals surface area contributed by atoms with Crippen LogP contribution < -0.4 is 4.90 Å². The van der Waals surface area contributed by atoms with Crippen LogP contribution in [0, 0.1) is 17.6 Å². The van der Waals surface area contributed by atoms with E-state index in [1.54, 1.807) is 0 Å². The topological polar surface area (TPSA) is 3.24 Å². The number of benzene rings is 1. The molecule has 0 radical (unpaired) electrons. The summed E-state index contributed by atoms with van der Waals surface area (Å²) in [4.78, 5) is 2.08. The van der Waals surface area contributed by atoms with Crippen LogP contribution in [0.4, 0.5) is 14.5 Å². The van der Waals surface area contributed by atoms with Gasteiger partial charge in [0, 0.05) is 24.3 Å². The van der Waals surface area contributed by atoms with Crippen molar-refractivity contribution < 1.29 is 8.78 Å². The third-order valence-corrected chi connectivity index (χ3v) is 4.45. The number of rotatable bonds is 4. The lowest BCUT2D eigenvalue weighted by molar-refractivity contribution is 0.378. The molecule has 0 spiro atoms. The van der Waals surface area contributed by atoms with Crippen molar-refractivity contribution >= 4 is 43.6 Å². The zero-order chi connectivity index (χ0) is 15.4. The van der Waals surface area contributed by atoms with Gasteiger partial charge in [-0.2, -0.15) is 0 Å². The lowest BCUT2D eigenvalue weighted by Gasteiger charge is -2.33. The molecule has 1 nitrogen and oxygen atoms in total. The van der Waals surface area contributed by atoms with Gasteiger partial charge in [0.1, 0.15) is 11.6 Å². The fraction of sp³-hybridized carbons (Fsp3) is 0.500.